The molecular weight excluding hydrogens is 952 g/mol. The molecule has 3 atom stereocenters. The lowest BCUT2D eigenvalue weighted by molar-refractivity contribution is -0.870. The number of carbonyl (C=O) groups is 2. The summed E-state index contributed by atoms with van der Waals surface area (Å²) in [5.74, 6) is -0.652. The summed E-state index contributed by atoms with van der Waals surface area (Å²) >= 11 is 0. The van der Waals surface area contributed by atoms with E-state index in [-0.39, 0.29) is 37.9 Å². The van der Waals surface area contributed by atoms with Gasteiger partial charge in [-0.15, -0.1) is 0 Å². The third-order valence-corrected chi connectivity index (χ3v) is 13.1. The number of quaternary nitrogens is 1. The summed E-state index contributed by atoms with van der Waals surface area (Å²) in [5, 5.41) is 2.99. The van der Waals surface area contributed by atoms with Crippen LogP contribution < -0.4 is 5.32 Å². The number of phosphoric acid groups is 1. The molecule has 0 spiro atoms. The van der Waals surface area contributed by atoms with Crippen LogP contribution in [0.5, 0.6) is 0 Å². The maximum Gasteiger partial charge on any atom is 0.472 e. The van der Waals surface area contributed by atoms with Crippen LogP contribution in [0.25, 0.3) is 0 Å². The van der Waals surface area contributed by atoms with Gasteiger partial charge >= 0.3 is 13.8 Å². The van der Waals surface area contributed by atoms with E-state index in [0.29, 0.717) is 23.9 Å². The van der Waals surface area contributed by atoms with E-state index in [0.717, 1.165) is 96.3 Å². The van der Waals surface area contributed by atoms with Gasteiger partial charge in [0, 0.05) is 12.8 Å². The quantitative estimate of drug-likeness (QED) is 0.0205. The first-order valence-corrected chi connectivity index (χ1v) is 31.0. The molecule has 0 radical (unpaired) electrons. The van der Waals surface area contributed by atoms with Crippen molar-refractivity contribution < 1.29 is 37.3 Å². The lowest BCUT2D eigenvalue weighted by atomic mass is 10.1. The standard InChI is InChI=1S/C65H109N2O7P/c1-7-10-13-16-19-22-25-27-29-31-33-35-37-39-42-45-48-51-54-57-64(68)66-62(61-73-75(70,71)72-60-59-67(4,5)6)63(56-53-50-47-44-41-24-21-18-15-12-9-3)74-65(69)58-55-52-49-46-43-40-38-36-34-32-30-28-26-23-20-17-14-11-8-2/h10,13,19-20,22-23,27-30,33-36,39-40,42-43,48,51,53,56,62-63H,7-9,11-12,14-18,21,24-26,31-32,37-38,41,44-47,49-50,52,54-55,57-61H2,1-6H3,(H-,66,68,70,71)/p+1/b13-10-,22-19-,23-20-,29-27-,30-28-,35-33-,36-34-,42-39-,43-40-,51-48-,56-53+. The van der Waals surface area contributed by atoms with Crippen molar-refractivity contribution in [2.75, 3.05) is 40.9 Å². The fourth-order valence-corrected chi connectivity index (χ4v) is 8.27. The van der Waals surface area contributed by atoms with Crippen LogP contribution in [-0.4, -0.2) is 74.3 Å². The van der Waals surface area contributed by atoms with Crippen molar-refractivity contribution in [3.8, 4) is 0 Å². The van der Waals surface area contributed by atoms with E-state index >= 15 is 0 Å². The van der Waals surface area contributed by atoms with E-state index in [2.05, 4.69) is 135 Å². The molecule has 426 valence electrons. The van der Waals surface area contributed by atoms with Gasteiger partial charge in [-0.1, -0.05) is 219 Å². The normalized spacial score (nSPS) is 14.7. The minimum absolute atomic E-state index is 0.0136. The van der Waals surface area contributed by atoms with Crippen LogP contribution in [0.2, 0.25) is 0 Å². The van der Waals surface area contributed by atoms with Gasteiger partial charge in [0.1, 0.15) is 19.3 Å². The van der Waals surface area contributed by atoms with Gasteiger partial charge in [0.15, 0.2) is 0 Å². The van der Waals surface area contributed by atoms with Crippen molar-refractivity contribution in [1.29, 1.82) is 0 Å². The second kappa shape index (κ2) is 53.5. The maximum atomic E-state index is 13.5. The molecule has 0 rings (SSSR count). The van der Waals surface area contributed by atoms with E-state index in [9.17, 15) is 19.0 Å². The number of rotatable bonds is 51. The molecule has 9 nitrogen and oxygen atoms in total. The predicted octanol–water partition coefficient (Wildman–Crippen LogP) is 18.1. The summed E-state index contributed by atoms with van der Waals surface area (Å²) in [5.41, 5.74) is 0. The maximum absolute atomic E-state index is 13.5. The zero-order valence-electron chi connectivity index (χ0n) is 48.5. The van der Waals surface area contributed by atoms with Crippen LogP contribution in [0, 0.1) is 0 Å². The summed E-state index contributed by atoms with van der Waals surface area (Å²) in [6.07, 6.45) is 76.1. The summed E-state index contributed by atoms with van der Waals surface area (Å²) < 4.78 is 30.5. The Balaban J connectivity index is 5.48. The largest absolute Gasteiger partial charge is 0.472 e. The molecule has 0 aromatic rings. The first kappa shape index (κ1) is 71.2. The second-order valence-corrected chi connectivity index (χ2v) is 21.9. The molecule has 10 heteroatoms. The Labute approximate surface area is 460 Å². The van der Waals surface area contributed by atoms with Gasteiger partial charge in [-0.2, -0.15) is 0 Å². The molecule has 0 aliphatic carbocycles. The van der Waals surface area contributed by atoms with E-state index in [1.54, 1.807) is 0 Å². The number of hydrogen-bond acceptors (Lipinski definition) is 6. The number of nitrogens with zero attached hydrogens (tertiary/aromatic N) is 1. The van der Waals surface area contributed by atoms with Crippen molar-refractivity contribution >= 4 is 19.7 Å². The predicted molar refractivity (Wildman–Crippen MR) is 323 cm³/mol. The van der Waals surface area contributed by atoms with Crippen molar-refractivity contribution in [3.63, 3.8) is 0 Å². The van der Waals surface area contributed by atoms with Crippen molar-refractivity contribution in [1.82, 2.24) is 5.32 Å². The Bertz CT molecular complexity index is 1740. The van der Waals surface area contributed by atoms with Gasteiger partial charge in [0.05, 0.1) is 33.8 Å². The first-order valence-electron chi connectivity index (χ1n) is 29.5. The third kappa shape index (κ3) is 54.7. The number of nitrogens with one attached hydrogen (secondary N) is 1. The molecule has 0 bridgehead atoms. The van der Waals surface area contributed by atoms with Crippen molar-refractivity contribution in [3.05, 3.63) is 134 Å². The highest BCUT2D eigenvalue weighted by Gasteiger charge is 2.30. The number of ether oxygens (including phenoxy) is 1. The zero-order chi connectivity index (χ0) is 55.0. The van der Waals surface area contributed by atoms with Crippen LogP contribution in [0.1, 0.15) is 213 Å². The molecule has 75 heavy (non-hydrogen) atoms. The van der Waals surface area contributed by atoms with Crippen LogP contribution >= 0.6 is 7.82 Å². The van der Waals surface area contributed by atoms with Crippen LogP contribution in [0.4, 0.5) is 0 Å². The average molecular weight is 1060 g/mol. The monoisotopic (exact) mass is 1060 g/mol. The molecule has 0 heterocycles. The molecular formula is C65H110N2O7P+. The molecule has 2 N–H and O–H groups in total. The van der Waals surface area contributed by atoms with Crippen molar-refractivity contribution in [2.24, 2.45) is 0 Å². The fraction of sp³-hybridized carbons (Fsp3) is 0.631. The van der Waals surface area contributed by atoms with Crippen LogP contribution in [0.15, 0.2) is 134 Å². The molecule has 0 aromatic carbocycles. The van der Waals surface area contributed by atoms with Crippen LogP contribution in [0.3, 0.4) is 0 Å². The van der Waals surface area contributed by atoms with Gasteiger partial charge < -0.3 is 19.4 Å². The SMILES string of the molecule is CC/C=C\C/C=C\C/C=C\C/C=C\C/C=C\C/C=C\CCC(=O)NC(COP(=O)(O)OCC[N+](C)(C)C)C(/C=C/CCCCCCCCCCC)OC(=O)CCCCC/C=C\C/C=C\C/C=C\C/C=C\CCCCC. The van der Waals surface area contributed by atoms with Gasteiger partial charge in [0.2, 0.25) is 5.91 Å². The number of phosphoric ester groups is 1. The Morgan fingerprint density at radius 1 is 0.480 bits per heavy atom. The Kier molecular flexibility index (Phi) is 50.8. The van der Waals surface area contributed by atoms with E-state index in [4.69, 9.17) is 13.8 Å². The molecule has 0 aliphatic heterocycles. The smallest absolute Gasteiger partial charge is 0.456 e. The topological polar surface area (TPSA) is 111 Å². The number of amides is 1. The number of allylic oxidation sites excluding steroid dienone is 21. The van der Waals surface area contributed by atoms with E-state index in [1.165, 1.54) is 70.6 Å². The molecule has 0 aromatic heterocycles. The highest BCUT2D eigenvalue weighted by molar-refractivity contribution is 7.47. The van der Waals surface area contributed by atoms with E-state index in [1.807, 2.05) is 45.4 Å². The number of unbranched alkanes of at least 4 members (excludes halogenated alkanes) is 15. The summed E-state index contributed by atoms with van der Waals surface area (Å²) in [6, 6.07) is -0.911. The minimum Gasteiger partial charge on any atom is -0.456 e. The Morgan fingerprint density at radius 3 is 1.33 bits per heavy atom. The molecule has 0 saturated heterocycles. The van der Waals surface area contributed by atoms with Gasteiger partial charge in [-0.25, -0.2) is 4.57 Å². The highest BCUT2D eigenvalue weighted by Crippen LogP contribution is 2.43. The second-order valence-electron chi connectivity index (χ2n) is 20.4. The number of esters is 1. The van der Waals surface area contributed by atoms with Gasteiger partial charge in [0.25, 0.3) is 0 Å². The third-order valence-electron chi connectivity index (χ3n) is 12.1. The Hall–Kier alpha value is -3.85. The van der Waals surface area contributed by atoms with Crippen molar-refractivity contribution in [2.45, 2.75) is 226 Å². The molecule has 3 unspecified atom stereocenters. The molecule has 0 fully saturated rings. The van der Waals surface area contributed by atoms with E-state index < -0.39 is 20.0 Å². The Morgan fingerprint density at radius 2 is 0.867 bits per heavy atom. The minimum atomic E-state index is -4.48. The highest BCUT2D eigenvalue weighted by atomic mass is 31.2. The fourth-order valence-electron chi connectivity index (χ4n) is 7.53. The summed E-state index contributed by atoms with van der Waals surface area (Å²) in [7, 11) is 1.41. The number of likely N-dealkylation sites (N-methyl/N-ethyl adjacent to an activating group) is 1. The zero-order valence-corrected chi connectivity index (χ0v) is 49.4. The lowest BCUT2D eigenvalue weighted by Crippen LogP contribution is -2.47. The molecule has 1 amide bonds. The number of carbonyl (C=O) groups excluding carboxylic acids is 2. The average Bonchev–Trinajstić information content (AvgIpc) is 3.37. The van der Waals surface area contributed by atoms with Gasteiger partial charge in [-0.3, -0.25) is 18.6 Å². The lowest BCUT2D eigenvalue weighted by Gasteiger charge is -2.27. The molecule has 0 saturated carbocycles. The van der Waals surface area contributed by atoms with Crippen LogP contribution in [-0.2, 0) is 27.9 Å². The summed E-state index contributed by atoms with van der Waals surface area (Å²) in [4.78, 5) is 37.6. The van der Waals surface area contributed by atoms with Gasteiger partial charge in [-0.05, 0) is 115 Å². The first-order chi connectivity index (χ1) is 36.4. The number of hydrogen-bond donors (Lipinski definition) is 2. The molecule has 0 aliphatic rings. The summed E-state index contributed by atoms with van der Waals surface area (Å²) in [6.45, 7) is 6.75.